The van der Waals surface area contributed by atoms with Crippen LogP contribution in [0.25, 0.3) is 10.9 Å². The predicted octanol–water partition coefficient (Wildman–Crippen LogP) is 2.35. The van der Waals surface area contributed by atoms with Gasteiger partial charge in [0.25, 0.3) is 0 Å². The van der Waals surface area contributed by atoms with Gasteiger partial charge in [0.2, 0.25) is 5.91 Å². The summed E-state index contributed by atoms with van der Waals surface area (Å²) in [5.74, 6) is 0.480. The molecule has 0 aliphatic rings. The number of aromatic nitrogens is 1. The molecule has 148 valence electrons. The second kappa shape index (κ2) is 9.01. The number of nitrogens with zero attached hydrogens (tertiary/aromatic N) is 1. The van der Waals surface area contributed by atoms with Crippen LogP contribution in [0.3, 0.4) is 0 Å². The van der Waals surface area contributed by atoms with Crippen molar-refractivity contribution in [2.45, 2.75) is 52.7 Å². The molecule has 2 rings (SSSR count). The van der Waals surface area contributed by atoms with Crippen molar-refractivity contribution in [2.24, 2.45) is 5.10 Å². The highest BCUT2D eigenvalue weighted by atomic mass is 16.5. The molecule has 0 radical (unpaired) electrons. The van der Waals surface area contributed by atoms with E-state index in [1.165, 1.54) is 0 Å². The Kier molecular flexibility index (Phi) is 6.98. The normalized spacial score (nSPS) is 12.7. The van der Waals surface area contributed by atoms with Crippen LogP contribution in [0.2, 0.25) is 0 Å². The number of hydrogen-bond donors (Lipinski definition) is 4. The summed E-state index contributed by atoms with van der Waals surface area (Å²) < 4.78 is 5.72. The van der Waals surface area contributed by atoms with Gasteiger partial charge in [0.15, 0.2) is 0 Å². The molecule has 4 N–H and O–H groups in total. The number of amides is 1. The van der Waals surface area contributed by atoms with Crippen molar-refractivity contribution in [3.8, 4) is 5.75 Å². The molecule has 0 fully saturated rings. The van der Waals surface area contributed by atoms with Gasteiger partial charge in [0, 0.05) is 34.9 Å². The van der Waals surface area contributed by atoms with Crippen molar-refractivity contribution in [3.05, 3.63) is 30.0 Å². The molecule has 0 unspecified atom stereocenters. The second-order valence-corrected chi connectivity index (χ2v) is 7.89. The van der Waals surface area contributed by atoms with E-state index in [-0.39, 0.29) is 24.5 Å². The van der Waals surface area contributed by atoms with Gasteiger partial charge < -0.3 is 20.1 Å². The molecule has 0 spiro atoms. The van der Waals surface area contributed by atoms with Gasteiger partial charge >= 0.3 is 0 Å². The van der Waals surface area contributed by atoms with E-state index in [2.05, 4.69) is 20.8 Å². The van der Waals surface area contributed by atoms with Crippen molar-refractivity contribution in [3.63, 3.8) is 0 Å². The number of hydrogen-bond acceptors (Lipinski definition) is 5. The maximum absolute atomic E-state index is 12.0. The molecule has 0 aliphatic carbocycles. The van der Waals surface area contributed by atoms with Gasteiger partial charge in [-0.05, 0) is 58.4 Å². The Morgan fingerprint density at radius 1 is 1.33 bits per heavy atom. The molecule has 0 aliphatic heterocycles. The topological polar surface area (TPSA) is 98.7 Å². The third-order valence-corrected chi connectivity index (χ3v) is 3.80. The van der Waals surface area contributed by atoms with Gasteiger partial charge in [-0.25, -0.2) is 5.43 Å². The molecule has 27 heavy (non-hydrogen) atoms. The van der Waals surface area contributed by atoms with E-state index in [4.69, 9.17) is 4.74 Å². The third kappa shape index (κ3) is 7.03. The van der Waals surface area contributed by atoms with Gasteiger partial charge in [-0.15, -0.1) is 0 Å². The number of β-amino-alcohol motifs (C(OH)–C–C–N with tert-alkyl or cyclic N) is 1. The Morgan fingerprint density at radius 3 is 2.74 bits per heavy atom. The highest BCUT2D eigenvalue weighted by Gasteiger charge is 2.13. The van der Waals surface area contributed by atoms with Gasteiger partial charge in [-0.3, -0.25) is 4.79 Å². The molecule has 1 aromatic heterocycles. The zero-order chi connectivity index (χ0) is 20.0. The van der Waals surface area contributed by atoms with Crippen LogP contribution in [0.15, 0.2) is 29.5 Å². The minimum absolute atomic E-state index is 0.0547. The molecule has 1 atom stereocenters. The van der Waals surface area contributed by atoms with E-state index < -0.39 is 6.10 Å². The predicted molar refractivity (Wildman–Crippen MR) is 108 cm³/mol. The SMILES string of the molecule is CC(C)=NNC(=O)Cc1c[nH]c2ccc(OC[C@H](O)CNC(C)(C)C)cc12. The molecule has 0 bridgehead atoms. The summed E-state index contributed by atoms with van der Waals surface area (Å²) in [6.07, 6.45) is 1.43. The fourth-order valence-corrected chi connectivity index (χ4v) is 2.46. The van der Waals surface area contributed by atoms with Crippen LogP contribution in [0, 0.1) is 0 Å². The number of H-pyrrole nitrogens is 1. The van der Waals surface area contributed by atoms with Crippen LogP contribution in [-0.4, -0.2) is 46.5 Å². The number of fused-ring (bicyclic) bond motifs is 1. The largest absolute Gasteiger partial charge is 0.491 e. The van der Waals surface area contributed by atoms with Gasteiger partial charge in [0.1, 0.15) is 18.5 Å². The van der Waals surface area contributed by atoms with Crippen molar-refractivity contribution < 1.29 is 14.6 Å². The summed E-state index contributed by atoms with van der Waals surface area (Å²) in [5.41, 5.74) is 5.06. The number of aliphatic hydroxyl groups is 1. The van der Waals surface area contributed by atoms with Crippen LogP contribution in [0.1, 0.15) is 40.2 Å². The van der Waals surface area contributed by atoms with E-state index in [1.807, 2.05) is 59.0 Å². The number of carbonyl (C=O) groups excluding carboxylic acids is 1. The lowest BCUT2D eigenvalue weighted by Gasteiger charge is -2.23. The van der Waals surface area contributed by atoms with Gasteiger partial charge in [-0.1, -0.05) is 0 Å². The smallest absolute Gasteiger partial charge is 0.244 e. The molecule has 7 heteroatoms. The highest BCUT2D eigenvalue weighted by molar-refractivity contribution is 5.90. The number of carbonyl (C=O) groups is 1. The molecule has 1 amide bonds. The molecule has 0 saturated heterocycles. The lowest BCUT2D eigenvalue weighted by Crippen LogP contribution is -2.42. The Bertz CT molecular complexity index is 801. The lowest BCUT2D eigenvalue weighted by molar-refractivity contribution is -0.120. The van der Waals surface area contributed by atoms with Crippen molar-refractivity contribution >= 4 is 22.5 Å². The number of hydrazone groups is 1. The third-order valence-electron chi connectivity index (χ3n) is 3.80. The average molecular weight is 374 g/mol. The first kappa shape index (κ1) is 20.9. The van der Waals surface area contributed by atoms with E-state index in [9.17, 15) is 9.90 Å². The second-order valence-electron chi connectivity index (χ2n) is 7.89. The van der Waals surface area contributed by atoms with Crippen molar-refractivity contribution in [1.29, 1.82) is 0 Å². The molecule has 2 aromatic rings. The van der Waals surface area contributed by atoms with Crippen LogP contribution < -0.4 is 15.5 Å². The van der Waals surface area contributed by atoms with Gasteiger partial charge in [0.05, 0.1) is 6.42 Å². The average Bonchev–Trinajstić information content (AvgIpc) is 2.98. The monoisotopic (exact) mass is 374 g/mol. The minimum Gasteiger partial charge on any atom is -0.491 e. The van der Waals surface area contributed by atoms with Gasteiger partial charge in [-0.2, -0.15) is 5.10 Å². The maximum Gasteiger partial charge on any atom is 0.244 e. The summed E-state index contributed by atoms with van der Waals surface area (Å²) in [7, 11) is 0. The molecule has 7 nitrogen and oxygen atoms in total. The quantitative estimate of drug-likeness (QED) is 0.421. The lowest BCUT2D eigenvalue weighted by atomic mass is 10.1. The molecular formula is C20H30N4O3. The van der Waals surface area contributed by atoms with Crippen LogP contribution in [0.4, 0.5) is 0 Å². The first-order chi connectivity index (χ1) is 12.6. The standard InChI is InChI=1S/C20H30N4O3/c1-13(2)23-24-19(26)8-14-10-21-18-7-6-16(9-17(14)18)27-12-15(25)11-22-20(3,4)5/h6-7,9-10,15,21-22,25H,8,11-12H2,1-5H3,(H,24,26)/t15-/m1/s1. The number of rotatable bonds is 8. The summed E-state index contributed by atoms with van der Waals surface area (Å²) >= 11 is 0. The van der Waals surface area contributed by atoms with Crippen LogP contribution >= 0.6 is 0 Å². The molecule has 1 aromatic carbocycles. The first-order valence-corrected chi connectivity index (χ1v) is 9.09. The van der Waals surface area contributed by atoms with E-state index in [0.717, 1.165) is 22.2 Å². The highest BCUT2D eigenvalue weighted by Crippen LogP contribution is 2.24. The van der Waals surface area contributed by atoms with E-state index >= 15 is 0 Å². The molecule has 1 heterocycles. The first-order valence-electron chi connectivity index (χ1n) is 9.09. The Balaban J connectivity index is 1.99. The summed E-state index contributed by atoms with van der Waals surface area (Å²) in [4.78, 5) is 15.2. The zero-order valence-corrected chi connectivity index (χ0v) is 16.7. The number of aromatic amines is 1. The Morgan fingerprint density at radius 2 is 2.07 bits per heavy atom. The van der Waals surface area contributed by atoms with Crippen LogP contribution in [-0.2, 0) is 11.2 Å². The maximum atomic E-state index is 12.0. The number of benzene rings is 1. The number of aliphatic hydroxyl groups excluding tert-OH is 1. The number of nitrogens with one attached hydrogen (secondary N) is 3. The fourth-order valence-electron chi connectivity index (χ4n) is 2.46. The number of ether oxygens (including phenoxy) is 1. The summed E-state index contributed by atoms with van der Waals surface area (Å²) in [6, 6.07) is 5.63. The van der Waals surface area contributed by atoms with Crippen molar-refractivity contribution in [2.75, 3.05) is 13.2 Å². The van der Waals surface area contributed by atoms with E-state index in [0.29, 0.717) is 12.3 Å². The summed E-state index contributed by atoms with van der Waals surface area (Å²) in [6.45, 7) is 10.4. The Hall–Kier alpha value is -2.38. The van der Waals surface area contributed by atoms with Crippen molar-refractivity contribution in [1.82, 2.24) is 15.7 Å². The van der Waals surface area contributed by atoms with E-state index in [1.54, 1.807) is 0 Å². The summed E-state index contributed by atoms with van der Waals surface area (Å²) in [5, 5.41) is 18.2. The molecular weight excluding hydrogens is 344 g/mol. The Labute approximate surface area is 160 Å². The fraction of sp³-hybridized carbons (Fsp3) is 0.500. The van der Waals surface area contributed by atoms with Crippen LogP contribution in [0.5, 0.6) is 5.75 Å². The molecule has 0 saturated carbocycles. The zero-order valence-electron chi connectivity index (χ0n) is 16.7. The minimum atomic E-state index is -0.605.